The maximum atomic E-state index is 11.6. The molecular formula is C40H54O3Si. The number of ether oxygens (including phenoxy) is 1. The third-order valence-electron chi connectivity index (χ3n) is 8.25. The van der Waals surface area contributed by atoms with Gasteiger partial charge in [-0.1, -0.05) is 157 Å². The summed E-state index contributed by atoms with van der Waals surface area (Å²) >= 11 is 0. The molecule has 0 saturated carbocycles. The molecule has 0 bridgehead atoms. The van der Waals surface area contributed by atoms with Gasteiger partial charge in [0.05, 0.1) is 0 Å². The summed E-state index contributed by atoms with van der Waals surface area (Å²) in [5.74, 6) is -0.221. The average Bonchev–Trinajstić information content (AvgIpc) is 3.01. The fraction of sp³-hybridized carbons (Fsp3) is 0.425. The van der Waals surface area contributed by atoms with E-state index in [1.165, 1.54) is 47.7 Å². The minimum Gasteiger partial charge on any atom is -0.458 e. The maximum Gasteiger partial charge on any atom is 0.303 e. The first-order valence-corrected chi connectivity index (χ1v) is 18.5. The van der Waals surface area contributed by atoms with Gasteiger partial charge < -0.3 is 9.16 Å². The lowest BCUT2D eigenvalue weighted by atomic mass is 10.0. The Morgan fingerprint density at radius 3 is 2.00 bits per heavy atom. The molecule has 236 valence electrons. The number of aryl methyl sites for hydroxylation is 1. The Kier molecular flexibility index (Phi) is 14.9. The summed E-state index contributed by atoms with van der Waals surface area (Å²) in [6, 6.07) is 30.4. The van der Waals surface area contributed by atoms with Crippen molar-refractivity contribution in [1.82, 2.24) is 0 Å². The van der Waals surface area contributed by atoms with Crippen molar-refractivity contribution in [2.45, 2.75) is 104 Å². The monoisotopic (exact) mass is 610 g/mol. The summed E-state index contributed by atoms with van der Waals surface area (Å²) in [6.07, 6.45) is 18.0. The molecular weight excluding hydrogens is 557 g/mol. The quantitative estimate of drug-likeness (QED) is 0.0623. The van der Waals surface area contributed by atoms with Crippen LogP contribution in [0.1, 0.15) is 97.1 Å². The van der Waals surface area contributed by atoms with Crippen molar-refractivity contribution in [3.05, 3.63) is 114 Å². The molecule has 44 heavy (non-hydrogen) atoms. The molecule has 0 heterocycles. The van der Waals surface area contributed by atoms with Crippen LogP contribution in [0.15, 0.2) is 103 Å². The third kappa shape index (κ3) is 10.7. The van der Waals surface area contributed by atoms with E-state index in [9.17, 15) is 4.79 Å². The molecule has 0 aromatic heterocycles. The first-order chi connectivity index (χ1) is 21.3. The normalized spacial score (nSPS) is 13.0. The predicted molar refractivity (Wildman–Crippen MR) is 190 cm³/mol. The van der Waals surface area contributed by atoms with E-state index in [1.54, 1.807) is 0 Å². The van der Waals surface area contributed by atoms with Gasteiger partial charge in [0.1, 0.15) is 6.10 Å². The minimum absolute atomic E-state index is 0.00267. The molecule has 0 spiro atoms. The van der Waals surface area contributed by atoms with Gasteiger partial charge in [-0.3, -0.25) is 4.79 Å². The predicted octanol–water partition coefficient (Wildman–Crippen LogP) is 9.45. The molecule has 0 aliphatic carbocycles. The second kappa shape index (κ2) is 18.6. The number of allylic oxidation sites excluding steroid dienone is 2. The van der Waals surface area contributed by atoms with Crippen LogP contribution in [0.25, 0.3) is 6.08 Å². The molecule has 0 N–H and O–H groups in total. The lowest BCUT2D eigenvalue weighted by Gasteiger charge is -2.43. The van der Waals surface area contributed by atoms with Crippen LogP contribution in [0, 0.1) is 0 Å². The number of carbonyl (C=O) groups excluding carboxylic acids is 1. The van der Waals surface area contributed by atoms with Gasteiger partial charge in [0.2, 0.25) is 0 Å². The minimum atomic E-state index is -2.47. The zero-order chi connectivity index (χ0) is 31.7. The highest BCUT2D eigenvalue weighted by Gasteiger charge is 2.49. The molecule has 0 saturated heterocycles. The van der Waals surface area contributed by atoms with Crippen LogP contribution in [0.2, 0.25) is 5.04 Å². The molecule has 1 atom stereocenters. The molecule has 0 fully saturated rings. The summed E-state index contributed by atoms with van der Waals surface area (Å²) in [5.41, 5.74) is 2.61. The van der Waals surface area contributed by atoms with E-state index in [2.05, 4.69) is 125 Å². The van der Waals surface area contributed by atoms with E-state index in [-0.39, 0.29) is 17.1 Å². The number of hydrogen-bond acceptors (Lipinski definition) is 3. The highest BCUT2D eigenvalue weighted by Crippen LogP contribution is 2.36. The SMILES string of the molecule is CCCCCCC(C=CC=Cc1ccccc1CCCCCO[Si](c1ccccc1)(c1ccccc1)C(C)(C)C)OC(C)=O. The van der Waals surface area contributed by atoms with Crippen LogP contribution in [-0.4, -0.2) is 27.0 Å². The highest BCUT2D eigenvalue weighted by atomic mass is 28.4. The van der Waals surface area contributed by atoms with Gasteiger partial charge in [-0.05, 0) is 64.7 Å². The van der Waals surface area contributed by atoms with Gasteiger partial charge in [0.15, 0.2) is 0 Å². The molecule has 3 aromatic carbocycles. The molecule has 0 aliphatic heterocycles. The number of hydrogen-bond donors (Lipinski definition) is 0. The Bertz CT molecular complexity index is 1250. The van der Waals surface area contributed by atoms with Gasteiger partial charge in [-0.15, -0.1) is 0 Å². The van der Waals surface area contributed by atoms with E-state index in [1.807, 2.05) is 12.2 Å². The number of benzene rings is 3. The zero-order valence-electron chi connectivity index (χ0n) is 27.8. The summed E-state index contributed by atoms with van der Waals surface area (Å²) in [7, 11) is -2.47. The summed E-state index contributed by atoms with van der Waals surface area (Å²) in [5, 5.41) is 2.68. The number of rotatable bonds is 18. The molecule has 3 rings (SSSR count). The van der Waals surface area contributed by atoms with Crippen LogP contribution < -0.4 is 10.4 Å². The lowest BCUT2D eigenvalue weighted by Crippen LogP contribution is -2.66. The standard InChI is InChI=1S/C40H54O3Si/c1-6-7-8-13-27-37(43-34(2)41)28-21-20-26-36-25-19-18-24-35(36)23-12-11-22-33-42-44(40(3,4)5,38-29-14-9-15-30-38)39-31-16-10-17-32-39/h9-10,14-21,24-26,28-32,37H,6-8,11-13,22-23,27,33H2,1-5H3. The van der Waals surface area contributed by atoms with Gasteiger partial charge >= 0.3 is 5.97 Å². The smallest absolute Gasteiger partial charge is 0.303 e. The van der Waals surface area contributed by atoms with Gasteiger partial charge in [0.25, 0.3) is 8.32 Å². The Balaban J connectivity index is 1.57. The lowest BCUT2D eigenvalue weighted by molar-refractivity contribution is -0.144. The van der Waals surface area contributed by atoms with Crippen LogP contribution >= 0.6 is 0 Å². The van der Waals surface area contributed by atoms with Crippen molar-refractivity contribution in [3.63, 3.8) is 0 Å². The van der Waals surface area contributed by atoms with E-state index in [0.717, 1.165) is 45.1 Å². The van der Waals surface area contributed by atoms with Crippen molar-refractivity contribution >= 4 is 30.7 Å². The molecule has 4 heteroatoms. The summed E-state index contributed by atoms with van der Waals surface area (Å²) in [4.78, 5) is 11.6. The van der Waals surface area contributed by atoms with Crippen molar-refractivity contribution in [2.75, 3.05) is 6.61 Å². The topological polar surface area (TPSA) is 35.5 Å². The van der Waals surface area contributed by atoms with Crippen molar-refractivity contribution in [1.29, 1.82) is 0 Å². The first kappa shape index (κ1) is 35.3. The zero-order valence-corrected chi connectivity index (χ0v) is 28.8. The highest BCUT2D eigenvalue weighted by molar-refractivity contribution is 6.99. The number of unbranched alkanes of at least 4 members (excludes halogenated alkanes) is 5. The molecule has 1 unspecified atom stereocenters. The Labute approximate surface area is 268 Å². The van der Waals surface area contributed by atoms with E-state index in [4.69, 9.17) is 9.16 Å². The third-order valence-corrected chi connectivity index (χ3v) is 13.3. The average molecular weight is 611 g/mol. The summed E-state index contributed by atoms with van der Waals surface area (Å²) in [6.45, 7) is 11.5. The van der Waals surface area contributed by atoms with Crippen LogP contribution in [-0.2, 0) is 20.4 Å². The Hall–Kier alpha value is -3.21. The van der Waals surface area contributed by atoms with Crippen LogP contribution in [0.3, 0.4) is 0 Å². The van der Waals surface area contributed by atoms with Crippen molar-refractivity contribution < 1.29 is 14.0 Å². The largest absolute Gasteiger partial charge is 0.458 e. The van der Waals surface area contributed by atoms with E-state index in [0.29, 0.717) is 0 Å². The van der Waals surface area contributed by atoms with Crippen LogP contribution in [0.4, 0.5) is 0 Å². The Morgan fingerprint density at radius 1 is 0.773 bits per heavy atom. The number of carbonyl (C=O) groups is 1. The summed E-state index contributed by atoms with van der Waals surface area (Å²) < 4.78 is 12.6. The van der Waals surface area contributed by atoms with Gasteiger partial charge in [0, 0.05) is 13.5 Å². The molecule has 0 amide bonds. The molecule has 0 radical (unpaired) electrons. The van der Waals surface area contributed by atoms with Gasteiger partial charge in [-0.25, -0.2) is 0 Å². The molecule has 3 nitrogen and oxygen atoms in total. The first-order valence-electron chi connectivity index (χ1n) is 16.6. The Morgan fingerprint density at radius 2 is 1.39 bits per heavy atom. The molecule has 0 aliphatic rings. The van der Waals surface area contributed by atoms with E-state index >= 15 is 0 Å². The maximum absolute atomic E-state index is 11.6. The second-order valence-corrected chi connectivity index (χ2v) is 17.1. The fourth-order valence-electron chi connectivity index (χ4n) is 6.03. The fourth-order valence-corrected chi connectivity index (χ4v) is 10.6. The van der Waals surface area contributed by atoms with Crippen molar-refractivity contribution in [2.24, 2.45) is 0 Å². The second-order valence-electron chi connectivity index (χ2n) is 12.8. The molecule has 3 aromatic rings. The van der Waals surface area contributed by atoms with Gasteiger partial charge in [-0.2, -0.15) is 0 Å². The van der Waals surface area contributed by atoms with E-state index < -0.39 is 8.32 Å². The van der Waals surface area contributed by atoms with Crippen molar-refractivity contribution in [3.8, 4) is 0 Å². The number of esters is 1. The van der Waals surface area contributed by atoms with Crippen LogP contribution in [0.5, 0.6) is 0 Å².